The molecule has 0 aliphatic rings. The summed E-state index contributed by atoms with van der Waals surface area (Å²) < 4.78 is 4.96. The lowest BCUT2D eigenvalue weighted by atomic mass is 10.1. The second-order valence-electron chi connectivity index (χ2n) is 2.60. The minimum atomic E-state index is -0.452. The molecular formula is C8H11NO2. The van der Waals surface area contributed by atoms with Gasteiger partial charge < -0.3 is 10.2 Å². The van der Waals surface area contributed by atoms with E-state index in [9.17, 15) is 4.79 Å². The first-order valence-corrected chi connectivity index (χ1v) is 3.46. The second-order valence-corrected chi connectivity index (χ2v) is 2.60. The molecule has 0 saturated heterocycles. The van der Waals surface area contributed by atoms with Crippen LogP contribution in [0.4, 0.5) is 0 Å². The van der Waals surface area contributed by atoms with Gasteiger partial charge in [0.05, 0.1) is 11.6 Å². The van der Waals surface area contributed by atoms with Gasteiger partial charge in [0.15, 0.2) is 5.78 Å². The van der Waals surface area contributed by atoms with Gasteiger partial charge in [0, 0.05) is 0 Å². The number of hydrogen-bond donors (Lipinski definition) is 1. The van der Waals surface area contributed by atoms with Crippen molar-refractivity contribution in [2.24, 2.45) is 5.73 Å². The van der Waals surface area contributed by atoms with Crippen LogP contribution in [0.25, 0.3) is 0 Å². The van der Waals surface area contributed by atoms with Gasteiger partial charge in [0.1, 0.15) is 12.0 Å². The molecule has 1 atom stereocenters. The van der Waals surface area contributed by atoms with Crippen LogP contribution < -0.4 is 5.73 Å². The molecule has 1 aromatic heterocycles. The van der Waals surface area contributed by atoms with Crippen molar-refractivity contribution in [3.8, 4) is 0 Å². The summed E-state index contributed by atoms with van der Waals surface area (Å²) in [7, 11) is 0. The zero-order valence-corrected chi connectivity index (χ0v) is 6.63. The predicted molar refractivity (Wildman–Crippen MR) is 41.4 cm³/mol. The zero-order chi connectivity index (χ0) is 8.43. The molecule has 0 bridgehead atoms. The summed E-state index contributed by atoms with van der Waals surface area (Å²) >= 11 is 0. The van der Waals surface area contributed by atoms with Crippen molar-refractivity contribution in [3.63, 3.8) is 0 Å². The molecule has 11 heavy (non-hydrogen) atoms. The van der Waals surface area contributed by atoms with Crippen molar-refractivity contribution in [3.05, 3.63) is 23.7 Å². The van der Waals surface area contributed by atoms with Gasteiger partial charge in [-0.2, -0.15) is 0 Å². The molecule has 1 heterocycles. The fourth-order valence-electron chi connectivity index (χ4n) is 0.836. The minimum Gasteiger partial charge on any atom is -0.469 e. The Labute approximate surface area is 65.2 Å². The highest BCUT2D eigenvalue weighted by Crippen LogP contribution is 2.07. The number of rotatable bonds is 2. The first-order valence-electron chi connectivity index (χ1n) is 3.46. The van der Waals surface area contributed by atoms with Crippen LogP contribution in [0.1, 0.15) is 23.0 Å². The SMILES string of the molecule is Cc1cc(C(=O)[C@H](C)N)co1. The van der Waals surface area contributed by atoms with Crippen molar-refractivity contribution < 1.29 is 9.21 Å². The van der Waals surface area contributed by atoms with E-state index < -0.39 is 6.04 Å². The molecule has 2 N–H and O–H groups in total. The van der Waals surface area contributed by atoms with Crippen molar-refractivity contribution in [2.75, 3.05) is 0 Å². The van der Waals surface area contributed by atoms with Gasteiger partial charge in [-0.3, -0.25) is 4.79 Å². The summed E-state index contributed by atoms with van der Waals surface area (Å²) in [6, 6.07) is 1.23. The average Bonchev–Trinajstić information content (AvgIpc) is 2.34. The quantitative estimate of drug-likeness (QED) is 0.647. The molecule has 3 heteroatoms. The van der Waals surface area contributed by atoms with E-state index in [0.717, 1.165) is 5.76 Å². The largest absolute Gasteiger partial charge is 0.469 e. The lowest BCUT2D eigenvalue weighted by molar-refractivity contribution is 0.0967. The van der Waals surface area contributed by atoms with Crippen LogP contribution in [0.15, 0.2) is 16.7 Å². The van der Waals surface area contributed by atoms with E-state index in [2.05, 4.69) is 0 Å². The standard InChI is InChI=1S/C8H11NO2/c1-5-3-7(4-11-5)8(10)6(2)9/h3-4,6H,9H2,1-2H3/t6-/m0/s1. The van der Waals surface area contributed by atoms with E-state index in [-0.39, 0.29) is 5.78 Å². The van der Waals surface area contributed by atoms with Crippen molar-refractivity contribution >= 4 is 5.78 Å². The van der Waals surface area contributed by atoms with Crippen molar-refractivity contribution in [1.82, 2.24) is 0 Å². The van der Waals surface area contributed by atoms with E-state index in [1.807, 2.05) is 0 Å². The number of nitrogens with two attached hydrogens (primary N) is 1. The summed E-state index contributed by atoms with van der Waals surface area (Å²) in [5.74, 6) is 0.649. The predicted octanol–water partition coefficient (Wildman–Crippen LogP) is 1.12. The molecule has 0 amide bonds. The Bertz CT molecular complexity index is 263. The Morgan fingerprint density at radius 2 is 2.36 bits per heavy atom. The molecule has 0 saturated carbocycles. The molecular weight excluding hydrogens is 142 g/mol. The number of carbonyl (C=O) groups is 1. The zero-order valence-electron chi connectivity index (χ0n) is 6.63. The number of hydrogen-bond acceptors (Lipinski definition) is 3. The van der Waals surface area contributed by atoms with Gasteiger partial charge >= 0.3 is 0 Å². The van der Waals surface area contributed by atoms with Crippen LogP contribution in [0.5, 0.6) is 0 Å². The third-order valence-electron chi connectivity index (χ3n) is 1.43. The van der Waals surface area contributed by atoms with Gasteiger partial charge in [-0.25, -0.2) is 0 Å². The third-order valence-corrected chi connectivity index (χ3v) is 1.43. The molecule has 0 unspecified atom stereocenters. The summed E-state index contributed by atoms with van der Waals surface area (Å²) in [5.41, 5.74) is 5.94. The van der Waals surface area contributed by atoms with E-state index in [1.54, 1.807) is 19.9 Å². The monoisotopic (exact) mass is 153 g/mol. The maximum Gasteiger partial charge on any atom is 0.182 e. The van der Waals surface area contributed by atoms with Crippen molar-refractivity contribution in [1.29, 1.82) is 0 Å². The van der Waals surface area contributed by atoms with E-state index >= 15 is 0 Å². The topological polar surface area (TPSA) is 56.2 Å². The first-order chi connectivity index (χ1) is 5.11. The Morgan fingerprint density at radius 1 is 1.73 bits per heavy atom. The summed E-state index contributed by atoms with van der Waals surface area (Å²) in [6.45, 7) is 3.45. The van der Waals surface area contributed by atoms with Crippen LogP contribution in [0.2, 0.25) is 0 Å². The molecule has 0 radical (unpaired) electrons. The average molecular weight is 153 g/mol. The van der Waals surface area contributed by atoms with E-state index in [4.69, 9.17) is 10.2 Å². The number of carbonyl (C=O) groups excluding carboxylic acids is 1. The van der Waals surface area contributed by atoms with Crippen LogP contribution in [-0.4, -0.2) is 11.8 Å². The molecule has 0 aromatic carbocycles. The number of aryl methyl sites for hydroxylation is 1. The summed E-state index contributed by atoms with van der Waals surface area (Å²) in [4.78, 5) is 11.2. The highest BCUT2D eigenvalue weighted by atomic mass is 16.3. The molecule has 1 rings (SSSR count). The highest BCUT2D eigenvalue weighted by molar-refractivity contribution is 5.99. The Morgan fingerprint density at radius 3 is 2.73 bits per heavy atom. The molecule has 3 nitrogen and oxygen atoms in total. The number of Topliss-reactive ketones (excluding diaryl/α,β-unsaturated/α-hetero) is 1. The molecule has 0 fully saturated rings. The van der Waals surface area contributed by atoms with Crippen LogP contribution in [0.3, 0.4) is 0 Å². The van der Waals surface area contributed by atoms with E-state index in [0.29, 0.717) is 5.56 Å². The fraction of sp³-hybridized carbons (Fsp3) is 0.375. The second kappa shape index (κ2) is 2.88. The van der Waals surface area contributed by atoms with Crippen molar-refractivity contribution in [2.45, 2.75) is 19.9 Å². The lowest BCUT2D eigenvalue weighted by Gasteiger charge is -1.98. The smallest absolute Gasteiger partial charge is 0.182 e. The molecule has 0 aliphatic carbocycles. The Balaban J connectivity index is 2.85. The first kappa shape index (κ1) is 8.01. The summed E-state index contributed by atoms with van der Waals surface area (Å²) in [5, 5.41) is 0. The summed E-state index contributed by atoms with van der Waals surface area (Å²) in [6.07, 6.45) is 1.43. The maximum absolute atomic E-state index is 11.2. The van der Waals surface area contributed by atoms with Gasteiger partial charge in [0.25, 0.3) is 0 Å². The Hall–Kier alpha value is -1.09. The number of furan rings is 1. The van der Waals surface area contributed by atoms with E-state index in [1.165, 1.54) is 6.26 Å². The maximum atomic E-state index is 11.2. The van der Waals surface area contributed by atoms with Gasteiger partial charge in [-0.15, -0.1) is 0 Å². The highest BCUT2D eigenvalue weighted by Gasteiger charge is 2.12. The number of ketones is 1. The normalized spacial score (nSPS) is 13.0. The molecule has 60 valence electrons. The fourth-order valence-corrected chi connectivity index (χ4v) is 0.836. The van der Waals surface area contributed by atoms with Gasteiger partial charge in [0.2, 0.25) is 0 Å². The lowest BCUT2D eigenvalue weighted by Crippen LogP contribution is -2.26. The van der Waals surface area contributed by atoms with Gasteiger partial charge in [-0.1, -0.05) is 0 Å². The van der Waals surface area contributed by atoms with Crippen LogP contribution in [-0.2, 0) is 0 Å². The van der Waals surface area contributed by atoms with Gasteiger partial charge in [-0.05, 0) is 19.9 Å². The molecule has 1 aromatic rings. The Kier molecular flexibility index (Phi) is 2.10. The minimum absolute atomic E-state index is 0.0816. The molecule has 0 aliphatic heterocycles. The van der Waals surface area contributed by atoms with Crippen LogP contribution >= 0.6 is 0 Å². The van der Waals surface area contributed by atoms with Crippen LogP contribution in [0, 0.1) is 6.92 Å². The third kappa shape index (κ3) is 1.68. The molecule has 0 spiro atoms.